The van der Waals surface area contributed by atoms with Crippen molar-refractivity contribution >= 4 is 11.8 Å². The van der Waals surface area contributed by atoms with Crippen LogP contribution in [0.1, 0.15) is 29.7 Å². The maximum absolute atomic E-state index is 12.3. The van der Waals surface area contributed by atoms with E-state index in [2.05, 4.69) is 9.98 Å². The molecule has 0 radical (unpaired) electrons. The molecule has 5 heteroatoms. The zero-order valence-electron chi connectivity index (χ0n) is 12.4. The second-order valence-corrected chi connectivity index (χ2v) is 5.74. The van der Waals surface area contributed by atoms with Gasteiger partial charge >= 0.3 is 0 Å². The summed E-state index contributed by atoms with van der Waals surface area (Å²) in [6, 6.07) is 10.1. The summed E-state index contributed by atoms with van der Waals surface area (Å²) in [4.78, 5) is 26.6. The molecule has 0 saturated carbocycles. The molecule has 112 valence electrons. The van der Waals surface area contributed by atoms with Gasteiger partial charge in [-0.1, -0.05) is 30.3 Å². The van der Waals surface area contributed by atoms with Gasteiger partial charge in [0.2, 0.25) is 5.95 Å². The summed E-state index contributed by atoms with van der Waals surface area (Å²) in [5.74, 6) is 1.52. The fourth-order valence-electron chi connectivity index (χ4n) is 3.21. The van der Waals surface area contributed by atoms with Crippen molar-refractivity contribution in [1.29, 1.82) is 0 Å². The highest BCUT2D eigenvalue weighted by molar-refractivity contribution is 6.10. The number of benzene rings is 1. The monoisotopic (exact) mass is 294 g/mol. The van der Waals surface area contributed by atoms with Gasteiger partial charge in [0, 0.05) is 17.7 Å². The van der Waals surface area contributed by atoms with Gasteiger partial charge < -0.3 is 0 Å². The van der Waals surface area contributed by atoms with Crippen LogP contribution < -0.4 is 10.5 Å². The molecule has 0 bridgehead atoms. The number of aromatic amines is 1. The summed E-state index contributed by atoms with van der Waals surface area (Å²) in [6.07, 6.45) is 3.94. The number of aryl methyl sites for hydroxylation is 1. The van der Waals surface area contributed by atoms with Crippen LogP contribution in [-0.4, -0.2) is 28.9 Å². The Morgan fingerprint density at radius 2 is 1.91 bits per heavy atom. The first-order valence-electron chi connectivity index (χ1n) is 7.82. The topological polar surface area (TPSA) is 61.4 Å². The molecule has 0 atom stereocenters. The van der Waals surface area contributed by atoms with E-state index in [1.165, 1.54) is 0 Å². The van der Waals surface area contributed by atoms with Crippen molar-refractivity contribution in [2.45, 2.75) is 25.7 Å². The Kier molecular flexibility index (Phi) is 3.25. The van der Waals surface area contributed by atoms with Crippen molar-refractivity contribution in [3.63, 3.8) is 0 Å². The number of rotatable bonds is 2. The number of H-pyrrole nitrogens is 1. The number of hydrogen-bond donors (Lipinski definition) is 1. The van der Waals surface area contributed by atoms with Gasteiger partial charge in [-0.15, -0.1) is 0 Å². The van der Waals surface area contributed by atoms with E-state index in [4.69, 9.17) is 4.98 Å². The maximum atomic E-state index is 12.3. The van der Waals surface area contributed by atoms with Crippen LogP contribution in [0.5, 0.6) is 0 Å². The Morgan fingerprint density at radius 1 is 1.09 bits per heavy atom. The fraction of sp³-hybridized carbons (Fsp3) is 0.353. The van der Waals surface area contributed by atoms with Crippen molar-refractivity contribution in [1.82, 2.24) is 9.97 Å². The zero-order valence-corrected chi connectivity index (χ0v) is 12.4. The molecule has 2 heterocycles. The lowest BCUT2D eigenvalue weighted by Crippen LogP contribution is -2.33. The van der Waals surface area contributed by atoms with Crippen LogP contribution in [0.4, 0.5) is 5.95 Å². The molecule has 1 aromatic carbocycles. The van der Waals surface area contributed by atoms with Crippen LogP contribution in [0, 0.1) is 0 Å². The quantitative estimate of drug-likeness (QED) is 0.920. The molecule has 1 aromatic heterocycles. The van der Waals surface area contributed by atoms with E-state index in [0.717, 1.165) is 61.4 Å². The molecule has 1 aliphatic heterocycles. The molecule has 0 fully saturated rings. The molecule has 4 rings (SSSR count). The van der Waals surface area contributed by atoms with Crippen LogP contribution >= 0.6 is 0 Å². The van der Waals surface area contributed by atoms with Gasteiger partial charge in [-0.25, -0.2) is 4.98 Å². The summed E-state index contributed by atoms with van der Waals surface area (Å²) in [7, 11) is 0. The maximum Gasteiger partial charge on any atom is 0.255 e. The van der Waals surface area contributed by atoms with E-state index < -0.39 is 0 Å². The number of fused-ring (bicyclic) bond motifs is 1. The first kappa shape index (κ1) is 13.2. The number of hydrogen-bond acceptors (Lipinski definition) is 4. The fourth-order valence-corrected chi connectivity index (χ4v) is 3.21. The van der Waals surface area contributed by atoms with Crippen molar-refractivity contribution in [3.8, 4) is 0 Å². The largest absolute Gasteiger partial charge is 0.294 e. The van der Waals surface area contributed by atoms with E-state index >= 15 is 0 Å². The van der Waals surface area contributed by atoms with Gasteiger partial charge in [0.25, 0.3) is 5.56 Å². The predicted octanol–water partition coefficient (Wildman–Crippen LogP) is 1.92. The smallest absolute Gasteiger partial charge is 0.255 e. The number of nitrogens with zero attached hydrogens (tertiary/aromatic N) is 3. The van der Waals surface area contributed by atoms with E-state index in [0.29, 0.717) is 5.95 Å². The summed E-state index contributed by atoms with van der Waals surface area (Å²) < 4.78 is 0. The van der Waals surface area contributed by atoms with Gasteiger partial charge in [0.1, 0.15) is 5.84 Å². The average Bonchev–Trinajstić information content (AvgIpc) is 3.05. The molecule has 0 unspecified atom stereocenters. The summed E-state index contributed by atoms with van der Waals surface area (Å²) >= 11 is 0. The predicted molar refractivity (Wildman–Crippen MR) is 86.7 cm³/mol. The van der Waals surface area contributed by atoms with E-state index in [1.807, 2.05) is 35.2 Å². The van der Waals surface area contributed by atoms with E-state index in [1.54, 1.807) is 0 Å². The number of aliphatic imine (C=N–C) groups is 1. The van der Waals surface area contributed by atoms with Gasteiger partial charge in [0.15, 0.2) is 0 Å². The molecule has 22 heavy (non-hydrogen) atoms. The summed E-state index contributed by atoms with van der Waals surface area (Å²) in [6.45, 7) is 1.48. The molecule has 0 amide bonds. The standard InChI is InChI=1S/C17H18N4O/c22-16-13-8-4-5-9-14(13)19-17(20-16)21-11-10-18-15(21)12-6-2-1-3-7-12/h1-3,6-7H,4-5,8-11H2,(H,19,20,22). The Bertz CT molecular complexity index is 779. The number of anilines is 1. The first-order valence-corrected chi connectivity index (χ1v) is 7.82. The summed E-state index contributed by atoms with van der Waals surface area (Å²) in [5.41, 5.74) is 2.90. The lowest BCUT2D eigenvalue weighted by Gasteiger charge is -2.21. The van der Waals surface area contributed by atoms with Crippen LogP contribution in [0.25, 0.3) is 0 Å². The molecule has 0 spiro atoms. The molecule has 2 aliphatic rings. The van der Waals surface area contributed by atoms with Gasteiger partial charge in [-0.3, -0.25) is 19.7 Å². The Labute approximate surface area is 128 Å². The average molecular weight is 294 g/mol. The van der Waals surface area contributed by atoms with Crippen molar-refractivity contribution in [2.75, 3.05) is 18.0 Å². The lowest BCUT2D eigenvalue weighted by molar-refractivity contribution is 0.655. The molecule has 1 N–H and O–H groups in total. The normalized spacial score (nSPS) is 17.3. The van der Waals surface area contributed by atoms with Crippen LogP contribution in [0.2, 0.25) is 0 Å². The van der Waals surface area contributed by atoms with Gasteiger partial charge in [-0.05, 0) is 25.7 Å². The third-order valence-corrected chi connectivity index (χ3v) is 4.31. The second-order valence-electron chi connectivity index (χ2n) is 5.74. The van der Waals surface area contributed by atoms with Gasteiger partial charge in [-0.2, -0.15) is 0 Å². The molecule has 1 aliphatic carbocycles. The minimum atomic E-state index is 0.0130. The Hall–Kier alpha value is -2.43. The SMILES string of the molecule is O=c1[nH]c(N2CCN=C2c2ccccc2)nc2c1CCCC2. The van der Waals surface area contributed by atoms with Crippen molar-refractivity contribution < 1.29 is 0 Å². The Balaban J connectivity index is 1.74. The third-order valence-electron chi connectivity index (χ3n) is 4.31. The molecule has 2 aromatic rings. The highest BCUT2D eigenvalue weighted by atomic mass is 16.1. The Morgan fingerprint density at radius 3 is 2.77 bits per heavy atom. The van der Waals surface area contributed by atoms with Crippen LogP contribution in [0.3, 0.4) is 0 Å². The van der Waals surface area contributed by atoms with Gasteiger partial charge in [0.05, 0.1) is 12.2 Å². The minimum Gasteiger partial charge on any atom is -0.294 e. The van der Waals surface area contributed by atoms with Crippen molar-refractivity contribution in [3.05, 3.63) is 57.5 Å². The molecule has 5 nitrogen and oxygen atoms in total. The first-order chi connectivity index (χ1) is 10.8. The number of nitrogens with one attached hydrogen (secondary N) is 1. The molecular formula is C17H18N4O. The van der Waals surface area contributed by atoms with Crippen LogP contribution in [0.15, 0.2) is 40.1 Å². The van der Waals surface area contributed by atoms with Crippen molar-refractivity contribution in [2.24, 2.45) is 4.99 Å². The zero-order chi connectivity index (χ0) is 14.9. The highest BCUT2D eigenvalue weighted by Crippen LogP contribution is 2.21. The highest BCUT2D eigenvalue weighted by Gasteiger charge is 2.24. The third kappa shape index (κ3) is 2.22. The molecular weight excluding hydrogens is 276 g/mol. The van der Waals surface area contributed by atoms with E-state index in [-0.39, 0.29) is 5.56 Å². The lowest BCUT2D eigenvalue weighted by atomic mass is 9.97. The van der Waals surface area contributed by atoms with E-state index in [9.17, 15) is 4.79 Å². The second kappa shape index (κ2) is 5.40. The summed E-state index contributed by atoms with van der Waals surface area (Å²) in [5, 5.41) is 0. The minimum absolute atomic E-state index is 0.0130. The number of amidine groups is 1. The van der Waals surface area contributed by atoms with Crippen LogP contribution in [-0.2, 0) is 12.8 Å². The molecule has 0 saturated heterocycles. The number of aromatic nitrogens is 2.